The summed E-state index contributed by atoms with van der Waals surface area (Å²) in [5.74, 6) is 0. The Balaban J connectivity index is 2.01. The van der Waals surface area contributed by atoms with Gasteiger partial charge in [-0.25, -0.2) is 0 Å². The number of rotatable bonds is 4. The number of nitrogens with zero attached hydrogens (tertiary/aromatic N) is 2. The lowest BCUT2D eigenvalue weighted by Crippen LogP contribution is -2.20. The Hall–Kier alpha value is -1.13. The Morgan fingerprint density at radius 2 is 2.12 bits per heavy atom. The summed E-state index contributed by atoms with van der Waals surface area (Å²) in [4.78, 5) is 0. The van der Waals surface area contributed by atoms with Gasteiger partial charge in [-0.15, -0.1) is 0 Å². The molecule has 0 amide bonds. The van der Waals surface area contributed by atoms with Crippen LogP contribution in [-0.4, -0.2) is 9.78 Å². The van der Waals surface area contributed by atoms with E-state index in [0.717, 1.165) is 11.0 Å². The number of benzene rings is 1. The predicted molar refractivity (Wildman–Crippen MR) is 72.6 cm³/mol. The molecule has 0 saturated heterocycles. The summed E-state index contributed by atoms with van der Waals surface area (Å²) in [7, 11) is 1.96. The molecule has 0 bridgehead atoms. The van der Waals surface area contributed by atoms with Crippen molar-refractivity contribution in [1.82, 2.24) is 15.1 Å². The second-order valence-electron chi connectivity index (χ2n) is 4.07. The third-order valence-corrected chi connectivity index (χ3v) is 3.61. The molecule has 2 rings (SSSR count). The third kappa shape index (κ3) is 2.96. The van der Waals surface area contributed by atoms with E-state index in [2.05, 4.69) is 51.5 Å². The Morgan fingerprint density at radius 1 is 1.35 bits per heavy atom. The van der Waals surface area contributed by atoms with Gasteiger partial charge in [-0.3, -0.25) is 4.68 Å². The summed E-state index contributed by atoms with van der Waals surface area (Å²) in [6.45, 7) is 2.98. The van der Waals surface area contributed by atoms with Crippen LogP contribution in [0.4, 0.5) is 0 Å². The van der Waals surface area contributed by atoms with Gasteiger partial charge in [-0.2, -0.15) is 5.10 Å². The molecule has 0 aliphatic carbocycles. The number of hydrogen-bond donors (Lipinski definition) is 1. The lowest BCUT2D eigenvalue weighted by atomic mass is 10.1. The molecule has 0 radical (unpaired) electrons. The van der Waals surface area contributed by atoms with Gasteiger partial charge in [0.25, 0.3) is 0 Å². The Bertz CT molecular complexity index is 493. The van der Waals surface area contributed by atoms with Crippen LogP contribution in [0.5, 0.6) is 0 Å². The molecule has 1 atom stereocenters. The molecule has 0 fully saturated rings. The minimum Gasteiger partial charge on any atom is -0.305 e. The maximum atomic E-state index is 4.15. The molecule has 2 aromatic rings. The third-order valence-electron chi connectivity index (χ3n) is 2.88. The highest BCUT2D eigenvalue weighted by Crippen LogP contribution is 2.22. The molecule has 0 aliphatic heterocycles. The first-order valence-corrected chi connectivity index (χ1v) is 6.42. The summed E-state index contributed by atoms with van der Waals surface area (Å²) in [5.41, 5.74) is 2.46. The summed E-state index contributed by atoms with van der Waals surface area (Å²) in [6.07, 6.45) is 1.82. The Kier molecular flexibility index (Phi) is 3.97. The number of hydrogen-bond acceptors (Lipinski definition) is 2. The highest BCUT2D eigenvalue weighted by atomic mass is 79.9. The number of nitrogens with one attached hydrogen (secondary N) is 1. The first kappa shape index (κ1) is 12.3. The predicted octanol–water partition coefficient (Wildman–Crippen LogP) is 3.03. The van der Waals surface area contributed by atoms with Gasteiger partial charge in [0.1, 0.15) is 0 Å². The van der Waals surface area contributed by atoms with Crippen LogP contribution in [0.1, 0.15) is 24.2 Å². The van der Waals surface area contributed by atoms with Gasteiger partial charge in [0.15, 0.2) is 0 Å². The van der Waals surface area contributed by atoms with E-state index in [1.807, 2.05) is 30.1 Å². The molecule has 1 aromatic carbocycles. The summed E-state index contributed by atoms with van der Waals surface area (Å²) < 4.78 is 3.03. The topological polar surface area (TPSA) is 29.9 Å². The van der Waals surface area contributed by atoms with Crippen LogP contribution >= 0.6 is 15.9 Å². The molecule has 0 unspecified atom stereocenters. The summed E-state index contributed by atoms with van der Waals surface area (Å²) in [5, 5.41) is 7.64. The minimum absolute atomic E-state index is 0.306. The molecule has 0 saturated carbocycles. The van der Waals surface area contributed by atoms with E-state index in [-0.39, 0.29) is 0 Å². The number of aryl methyl sites for hydroxylation is 1. The van der Waals surface area contributed by atoms with Crippen molar-refractivity contribution in [2.24, 2.45) is 7.05 Å². The fourth-order valence-corrected chi connectivity index (χ4v) is 2.40. The quantitative estimate of drug-likeness (QED) is 0.939. The van der Waals surface area contributed by atoms with Crippen LogP contribution in [0.25, 0.3) is 0 Å². The van der Waals surface area contributed by atoms with Gasteiger partial charge in [-0.1, -0.05) is 34.1 Å². The Labute approximate surface area is 110 Å². The molecule has 90 valence electrons. The van der Waals surface area contributed by atoms with E-state index < -0.39 is 0 Å². The second-order valence-corrected chi connectivity index (χ2v) is 4.92. The highest BCUT2D eigenvalue weighted by molar-refractivity contribution is 9.10. The van der Waals surface area contributed by atoms with E-state index in [0.29, 0.717) is 6.04 Å². The molecule has 0 spiro atoms. The standard InChI is InChI=1S/C13H16BrN3/c1-10(12-5-3-4-6-13(12)14)15-9-11-7-8-16-17(11)2/h3-8,10,15H,9H2,1-2H3/t10-/m1/s1. The molecule has 4 heteroatoms. The van der Waals surface area contributed by atoms with Crippen LogP contribution in [0.2, 0.25) is 0 Å². The first-order chi connectivity index (χ1) is 8.18. The molecule has 17 heavy (non-hydrogen) atoms. The molecule has 1 heterocycles. The molecule has 1 N–H and O–H groups in total. The van der Waals surface area contributed by atoms with Crippen molar-refractivity contribution < 1.29 is 0 Å². The SMILES string of the molecule is C[C@@H](NCc1ccnn1C)c1ccccc1Br. The minimum atomic E-state index is 0.306. The summed E-state index contributed by atoms with van der Waals surface area (Å²) >= 11 is 3.57. The van der Waals surface area contributed by atoms with E-state index in [9.17, 15) is 0 Å². The average Bonchev–Trinajstić information content (AvgIpc) is 2.72. The van der Waals surface area contributed by atoms with Crippen molar-refractivity contribution in [1.29, 1.82) is 0 Å². The van der Waals surface area contributed by atoms with Crippen molar-refractivity contribution in [2.45, 2.75) is 19.5 Å². The zero-order valence-electron chi connectivity index (χ0n) is 10.0. The van der Waals surface area contributed by atoms with Crippen LogP contribution in [0, 0.1) is 0 Å². The van der Waals surface area contributed by atoms with Gasteiger partial charge in [0.05, 0.1) is 5.69 Å². The van der Waals surface area contributed by atoms with Gasteiger partial charge >= 0.3 is 0 Å². The average molecular weight is 294 g/mol. The van der Waals surface area contributed by atoms with Crippen molar-refractivity contribution in [2.75, 3.05) is 0 Å². The Morgan fingerprint density at radius 3 is 2.76 bits per heavy atom. The van der Waals surface area contributed by atoms with Crippen LogP contribution in [0.3, 0.4) is 0 Å². The van der Waals surface area contributed by atoms with Gasteiger partial charge in [0.2, 0.25) is 0 Å². The summed E-state index contributed by atoms with van der Waals surface area (Å²) in [6, 6.07) is 10.6. The fourth-order valence-electron chi connectivity index (χ4n) is 1.77. The maximum Gasteiger partial charge on any atom is 0.0518 e. The largest absolute Gasteiger partial charge is 0.305 e. The molecule has 0 aliphatic rings. The van der Waals surface area contributed by atoms with Gasteiger partial charge < -0.3 is 5.32 Å². The molecular formula is C13H16BrN3. The lowest BCUT2D eigenvalue weighted by molar-refractivity contribution is 0.547. The zero-order valence-corrected chi connectivity index (χ0v) is 11.6. The normalized spacial score (nSPS) is 12.6. The maximum absolute atomic E-state index is 4.15. The van der Waals surface area contributed by atoms with Crippen molar-refractivity contribution in [3.8, 4) is 0 Å². The van der Waals surface area contributed by atoms with E-state index in [1.54, 1.807) is 0 Å². The van der Waals surface area contributed by atoms with Crippen molar-refractivity contribution in [3.05, 3.63) is 52.3 Å². The van der Waals surface area contributed by atoms with Gasteiger partial charge in [0, 0.05) is 30.3 Å². The zero-order chi connectivity index (χ0) is 12.3. The second kappa shape index (κ2) is 5.47. The molecular weight excluding hydrogens is 278 g/mol. The number of aromatic nitrogens is 2. The van der Waals surface area contributed by atoms with Crippen molar-refractivity contribution in [3.63, 3.8) is 0 Å². The smallest absolute Gasteiger partial charge is 0.0518 e. The number of halogens is 1. The van der Waals surface area contributed by atoms with E-state index in [1.165, 1.54) is 11.3 Å². The van der Waals surface area contributed by atoms with Crippen LogP contribution in [-0.2, 0) is 13.6 Å². The lowest BCUT2D eigenvalue weighted by Gasteiger charge is -2.15. The molecule has 3 nitrogen and oxygen atoms in total. The van der Waals surface area contributed by atoms with Gasteiger partial charge in [-0.05, 0) is 24.6 Å². The van der Waals surface area contributed by atoms with Crippen LogP contribution in [0.15, 0.2) is 41.0 Å². The fraction of sp³-hybridized carbons (Fsp3) is 0.308. The molecule has 1 aromatic heterocycles. The van der Waals surface area contributed by atoms with Crippen molar-refractivity contribution >= 4 is 15.9 Å². The van der Waals surface area contributed by atoms with Crippen LogP contribution < -0.4 is 5.32 Å². The highest BCUT2D eigenvalue weighted by Gasteiger charge is 2.08. The monoisotopic (exact) mass is 293 g/mol. The van der Waals surface area contributed by atoms with E-state index >= 15 is 0 Å². The van der Waals surface area contributed by atoms with E-state index in [4.69, 9.17) is 0 Å². The first-order valence-electron chi connectivity index (χ1n) is 5.63.